The Balaban J connectivity index is 0.000000151. The van der Waals surface area contributed by atoms with E-state index in [2.05, 4.69) is 16.0 Å². The van der Waals surface area contributed by atoms with Gasteiger partial charge in [-0.1, -0.05) is 12.1 Å². The molecule has 0 saturated heterocycles. The second-order valence-electron chi connectivity index (χ2n) is 3.51. The molecule has 2 heterocycles. The standard InChI is InChI=1S/C7H9N.C6H7N/c1-6-3-4-7(2)8-5-6;1-6-3-2-4-7-5-6/h3-5H,1-2H3;2-5H,1H3. The van der Waals surface area contributed by atoms with Crippen molar-refractivity contribution in [2.75, 3.05) is 0 Å². The summed E-state index contributed by atoms with van der Waals surface area (Å²) in [6, 6.07) is 8.01. The summed E-state index contributed by atoms with van der Waals surface area (Å²) >= 11 is 0. The van der Waals surface area contributed by atoms with E-state index in [-0.39, 0.29) is 0 Å². The third kappa shape index (κ3) is 4.91. The second-order valence-corrected chi connectivity index (χ2v) is 3.51. The highest BCUT2D eigenvalue weighted by Crippen LogP contribution is 1.94. The second kappa shape index (κ2) is 5.91. The maximum absolute atomic E-state index is 4.08. The summed E-state index contributed by atoms with van der Waals surface area (Å²) in [5, 5.41) is 0. The van der Waals surface area contributed by atoms with Gasteiger partial charge in [-0.2, -0.15) is 0 Å². The molecule has 0 bridgehead atoms. The zero-order valence-electron chi connectivity index (χ0n) is 9.44. The summed E-state index contributed by atoms with van der Waals surface area (Å²) in [4.78, 5) is 7.96. The van der Waals surface area contributed by atoms with E-state index in [4.69, 9.17) is 0 Å². The predicted octanol–water partition coefficient (Wildman–Crippen LogP) is 3.09. The monoisotopic (exact) mass is 200 g/mol. The Morgan fingerprint density at radius 1 is 0.867 bits per heavy atom. The number of hydrogen-bond donors (Lipinski definition) is 0. The summed E-state index contributed by atoms with van der Waals surface area (Å²) in [5.74, 6) is 0. The van der Waals surface area contributed by atoms with Crippen molar-refractivity contribution < 1.29 is 0 Å². The number of pyridine rings is 2. The summed E-state index contributed by atoms with van der Waals surface area (Å²) < 4.78 is 0. The van der Waals surface area contributed by atoms with Gasteiger partial charge in [0.25, 0.3) is 0 Å². The van der Waals surface area contributed by atoms with Gasteiger partial charge < -0.3 is 0 Å². The summed E-state index contributed by atoms with van der Waals surface area (Å²) in [6.07, 6.45) is 5.47. The first kappa shape index (κ1) is 11.4. The molecule has 0 radical (unpaired) electrons. The Morgan fingerprint density at radius 3 is 1.93 bits per heavy atom. The van der Waals surface area contributed by atoms with Crippen LogP contribution < -0.4 is 0 Å². The topological polar surface area (TPSA) is 25.8 Å². The molecule has 0 atom stereocenters. The van der Waals surface area contributed by atoms with Crippen molar-refractivity contribution in [3.05, 3.63) is 59.7 Å². The van der Waals surface area contributed by atoms with Crippen LogP contribution >= 0.6 is 0 Å². The van der Waals surface area contributed by atoms with Crippen LogP contribution in [0.5, 0.6) is 0 Å². The van der Waals surface area contributed by atoms with E-state index < -0.39 is 0 Å². The van der Waals surface area contributed by atoms with Gasteiger partial charge in [0.1, 0.15) is 0 Å². The molecule has 0 aliphatic rings. The zero-order valence-corrected chi connectivity index (χ0v) is 9.44. The van der Waals surface area contributed by atoms with Gasteiger partial charge >= 0.3 is 0 Å². The Hall–Kier alpha value is -1.70. The lowest BCUT2D eigenvalue weighted by atomic mass is 10.3. The van der Waals surface area contributed by atoms with Crippen molar-refractivity contribution in [1.29, 1.82) is 0 Å². The number of nitrogens with zero attached hydrogens (tertiary/aromatic N) is 2. The van der Waals surface area contributed by atoms with Crippen molar-refractivity contribution in [3.63, 3.8) is 0 Å². The SMILES string of the molecule is Cc1ccc(C)nc1.Cc1cccnc1. The lowest BCUT2D eigenvalue weighted by Gasteiger charge is -1.89. The largest absolute Gasteiger partial charge is 0.264 e. The lowest BCUT2D eigenvalue weighted by Crippen LogP contribution is -1.78. The third-order valence-electron chi connectivity index (χ3n) is 1.87. The van der Waals surface area contributed by atoms with Gasteiger partial charge in [0.05, 0.1) is 0 Å². The van der Waals surface area contributed by atoms with Crippen molar-refractivity contribution >= 4 is 0 Å². The van der Waals surface area contributed by atoms with Gasteiger partial charge in [0.15, 0.2) is 0 Å². The fraction of sp³-hybridized carbons (Fsp3) is 0.231. The molecule has 2 aromatic rings. The molecule has 0 N–H and O–H groups in total. The summed E-state index contributed by atoms with van der Waals surface area (Å²) in [7, 11) is 0. The van der Waals surface area contributed by atoms with Crippen molar-refractivity contribution in [3.8, 4) is 0 Å². The van der Waals surface area contributed by atoms with Crippen LogP contribution in [0.25, 0.3) is 0 Å². The molecule has 2 nitrogen and oxygen atoms in total. The Bertz CT molecular complexity index is 358. The predicted molar refractivity (Wildman–Crippen MR) is 62.7 cm³/mol. The number of rotatable bonds is 0. The Labute approximate surface area is 91.0 Å². The number of aromatic nitrogens is 2. The molecule has 0 aromatic carbocycles. The minimum Gasteiger partial charge on any atom is -0.264 e. The van der Waals surface area contributed by atoms with E-state index in [0.29, 0.717) is 0 Å². The van der Waals surface area contributed by atoms with Crippen molar-refractivity contribution in [2.45, 2.75) is 20.8 Å². The van der Waals surface area contributed by atoms with E-state index in [1.54, 1.807) is 6.20 Å². The Morgan fingerprint density at radius 2 is 1.60 bits per heavy atom. The van der Waals surface area contributed by atoms with Gasteiger partial charge in [-0.25, -0.2) is 0 Å². The third-order valence-corrected chi connectivity index (χ3v) is 1.87. The molecular formula is C13H16N2. The lowest BCUT2D eigenvalue weighted by molar-refractivity contribution is 1.17. The highest BCUT2D eigenvalue weighted by molar-refractivity contribution is 5.10. The quantitative estimate of drug-likeness (QED) is 0.653. The highest BCUT2D eigenvalue weighted by Gasteiger charge is 1.81. The molecule has 0 amide bonds. The van der Waals surface area contributed by atoms with E-state index >= 15 is 0 Å². The molecule has 15 heavy (non-hydrogen) atoms. The summed E-state index contributed by atoms with van der Waals surface area (Å²) in [6.45, 7) is 6.04. The average Bonchev–Trinajstić information content (AvgIpc) is 2.25. The van der Waals surface area contributed by atoms with E-state index in [9.17, 15) is 0 Å². The van der Waals surface area contributed by atoms with Crippen LogP contribution in [0.1, 0.15) is 16.8 Å². The first-order valence-corrected chi connectivity index (χ1v) is 4.94. The molecule has 0 aliphatic heterocycles. The molecule has 0 saturated carbocycles. The molecular weight excluding hydrogens is 184 g/mol. The number of hydrogen-bond acceptors (Lipinski definition) is 2. The van der Waals surface area contributed by atoms with Crippen LogP contribution in [0.15, 0.2) is 42.9 Å². The van der Waals surface area contributed by atoms with Crippen molar-refractivity contribution in [2.24, 2.45) is 0 Å². The van der Waals surface area contributed by atoms with Crippen LogP contribution in [0, 0.1) is 20.8 Å². The molecule has 2 aromatic heterocycles. The van der Waals surface area contributed by atoms with Gasteiger partial charge in [0, 0.05) is 24.3 Å². The fourth-order valence-corrected chi connectivity index (χ4v) is 0.990. The average molecular weight is 200 g/mol. The fourth-order valence-electron chi connectivity index (χ4n) is 0.990. The maximum atomic E-state index is 4.08. The van der Waals surface area contributed by atoms with Crippen LogP contribution in [0.2, 0.25) is 0 Å². The Kier molecular flexibility index (Phi) is 4.48. The highest BCUT2D eigenvalue weighted by atomic mass is 14.6. The molecule has 0 fully saturated rings. The number of aryl methyl sites for hydroxylation is 3. The van der Waals surface area contributed by atoms with Gasteiger partial charge in [-0.3, -0.25) is 9.97 Å². The van der Waals surface area contributed by atoms with E-state index in [0.717, 1.165) is 5.69 Å². The van der Waals surface area contributed by atoms with Crippen LogP contribution in [-0.2, 0) is 0 Å². The van der Waals surface area contributed by atoms with Crippen LogP contribution in [-0.4, -0.2) is 9.97 Å². The van der Waals surface area contributed by atoms with Crippen LogP contribution in [0.4, 0.5) is 0 Å². The molecule has 0 aliphatic carbocycles. The molecule has 2 rings (SSSR count). The molecule has 0 unspecified atom stereocenters. The minimum absolute atomic E-state index is 1.08. The first-order valence-electron chi connectivity index (χ1n) is 4.94. The van der Waals surface area contributed by atoms with Gasteiger partial charge in [0.2, 0.25) is 0 Å². The molecule has 78 valence electrons. The zero-order chi connectivity index (χ0) is 11.1. The van der Waals surface area contributed by atoms with E-state index in [1.165, 1.54) is 11.1 Å². The van der Waals surface area contributed by atoms with Crippen LogP contribution in [0.3, 0.4) is 0 Å². The van der Waals surface area contributed by atoms with E-state index in [1.807, 2.05) is 51.4 Å². The minimum atomic E-state index is 1.08. The van der Waals surface area contributed by atoms with Gasteiger partial charge in [-0.15, -0.1) is 0 Å². The smallest absolute Gasteiger partial charge is 0.0372 e. The van der Waals surface area contributed by atoms with Gasteiger partial charge in [-0.05, 0) is 44.0 Å². The maximum Gasteiger partial charge on any atom is 0.0372 e. The first-order chi connectivity index (χ1) is 7.18. The molecule has 2 heteroatoms. The normalized spacial score (nSPS) is 9.00. The summed E-state index contributed by atoms with van der Waals surface area (Å²) in [5.41, 5.74) is 3.51. The van der Waals surface area contributed by atoms with Crippen molar-refractivity contribution in [1.82, 2.24) is 9.97 Å². The molecule has 0 spiro atoms.